The average Bonchev–Trinajstić information content (AvgIpc) is 2.73. The van der Waals surface area contributed by atoms with Gasteiger partial charge in [-0.1, -0.05) is 24.3 Å². The average molecular weight is 325 g/mol. The number of hydrogen-bond donors (Lipinski definition) is 1. The first kappa shape index (κ1) is 16.5. The Labute approximate surface area is 142 Å². The second-order valence-electron chi connectivity index (χ2n) is 7.37. The first-order chi connectivity index (χ1) is 11.3. The zero-order valence-corrected chi connectivity index (χ0v) is 14.6. The highest BCUT2D eigenvalue weighted by molar-refractivity contribution is 6.24. The Morgan fingerprint density at radius 2 is 1.83 bits per heavy atom. The van der Waals surface area contributed by atoms with E-state index < -0.39 is 0 Å². The number of likely N-dealkylation sites (N-methyl/N-ethyl adjacent to an activating group) is 1. The van der Waals surface area contributed by atoms with Gasteiger partial charge in [0, 0.05) is 16.5 Å². The molecule has 0 aromatic heterocycles. The molecule has 0 unspecified atom stereocenters. The molecule has 0 fully saturated rings. The van der Waals surface area contributed by atoms with E-state index in [4.69, 9.17) is 0 Å². The molecule has 0 saturated heterocycles. The minimum atomic E-state index is -0.261. The summed E-state index contributed by atoms with van der Waals surface area (Å²) in [6.45, 7) is 6.47. The molecule has 0 radical (unpaired) electrons. The van der Waals surface area contributed by atoms with Crippen LogP contribution in [-0.4, -0.2) is 42.5 Å². The predicted molar refractivity (Wildman–Crippen MR) is 96.2 cm³/mol. The van der Waals surface area contributed by atoms with E-state index in [-0.39, 0.29) is 23.9 Å². The van der Waals surface area contributed by atoms with Crippen LogP contribution in [0.4, 0.5) is 5.69 Å². The highest BCUT2D eigenvalue weighted by Crippen LogP contribution is 2.36. The Morgan fingerprint density at radius 1 is 1.17 bits per heavy atom. The molecule has 126 valence electrons. The lowest BCUT2D eigenvalue weighted by Crippen LogP contribution is -2.47. The lowest BCUT2D eigenvalue weighted by atomic mass is 10.1. The van der Waals surface area contributed by atoms with Crippen molar-refractivity contribution in [1.82, 2.24) is 10.2 Å². The van der Waals surface area contributed by atoms with Gasteiger partial charge in [0.2, 0.25) is 5.91 Å². The van der Waals surface area contributed by atoms with Crippen LogP contribution in [0.15, 0.2) is 36.4 Å². The third kappa shape index (κ3) is 3.12. The van der Waals surface area contributed by atoms with Gasteiger partial charge in [-0.25, -0.2) is 0 Å². The van der Waals surface area contributed by atoms with Crippen molar-refractivity contribution in [2.45, 2.75) is 26.3 Å². The highest BCUT2D eigenvalue weighted by atomic mass is 16.2. The van der Waals surface area contributed by atoms with Crippen molar-refractivity contribution in [2.24, 2.45) is 0 Å². The maximum atomic E-state index is 12.7. The lowest BCUT2D eigenvalue weighted by molar-refractivity contribution is -0.123. The highest BCUT2D eigenvalue weighted by Gasteiger charge is 2.30. The SMILES string of the molecule is CN(CC(=O)NC(C)(C)C)CN1C(=O)c2cccc3cccc1c23. The molecule has 5 heteroatoms. The van der Waals surface area contributed by atoms with Crippen LogP contribution < -0.4 is 10.2 Å². The standard InChI is InChI=1S/C19H23N3O2/c1-19(2,3)20-16(23)11-21(4)12-22-15-10-6-8-13-7-5-9-14(17(13)15)18(22)24/h5-10H,11-12H2,1-4H3,(H,20,23). The largest absolute Gasteiger partial charge is 0.350 e. The Hall–Kier alpha value is -2.40. The summed E-state index contributed by atoms with van der Waals surface area (Å²) in [5.41, 5.74) is 1.38. The van der Waals surface area contributed by atoms with E-state index in [2.05, 4.69) is 5.32 Å². The van der Waals surface area contributed by atoms with Gasteiger partial charge >= 0.3 is 0 Å². The fourth-order valence-corrected chi connectivity index (χ4v) is 3.11. The van der Waals surface area contributed by atoms with E-state index in [1.807, 2.05) is 69.1 Å². The van der Waals surface area contributed by atoms with Gasteiger partial charge in [0.25, 0.3) is 5.91 Å². The van der Waals surface area contributed by atoms with Crippen LogP contribution in [0.2, 0.25) is 0 Å². The van der Waals surface area contributed by atoms with Crippen LogP contribution in [0.3, 0.4) is 0 Å². The molecule has 0 bridgehead atoms. The molecule has 0 spiro atoms. The molecule has 1 aliphatic heterocycles. The number of benzene rings is 2. The molecule has 0 aliphatic carbocycles. The van der Waals surface area contributed by atoms with Gasteiger partial charge < -0.3 is 5.32 Å². The van der Waals surface area contributed by atoms with Crippen LogP contribution in [0.1, 0.15) is 31.1 Å². The van der Waals surface area contributed by atoms with Gasteiger partial charge in [0.05, 0.1) is 18.9 Å². The van der Waals surface area contributed by atoms with Gasteiger partial charge in [0.15, 0.2) is 0 Å². The third-order valence-corrected chi connectivity index (χ3v) is 3.96. The van der Waals surface area contributed by atoms with Gasteiger partial charge in [-0.3, -0.25) is 19.4 Å². The van der Waals surface area contributed by atoms with Gasteiger partial charge in [-0.15, -0.1) is 0 Å². The summed E-state index contributed by atoms with van der Waals surface area (Å²) in [6, 6.07) is 11.7. The summed E-state index contributed by atoms with van der Waals surface area (Å²) >= 11 is 0. The summed E-state index contributed by atoms with van der Waals surface area (Å²) in [5.74, 6) is -0.0581. The molecule has 3 rings (SSSR count). The normalized spacial score (nSPS) is 13.9. The zero-order valence-electron chi connectivity index (χ0n) is 14.6. The Kier molecular flexibility index (Phi) is 4.05. The number of nitrogens with zero attached hydrogens (tertiary/aromatic N) is 2. The van der Waals surface area contributed by atoms with E-state index in [1.165, 1.54) is 0 Å². The maximum Gasteiger partial charge on any atom is 0.260 e. The quantitative estimate of drug-likeness (QED) is 0.940. The smallest absolute Gasteiger partial charge is 0.260 e. The molecule has 0 atom stereocenters. The van der Waals surface area contributed by atoms with E-state index in [1.54, 1.807) is 4.90 Å². The molecular formula is C19H23N3O2. The van der Waals surface area contributed by atoms with Crippen LogP contribution in [0, 0.1) is 0 Å². The second kappa shape index (κ2) is 5.91. The minimum absolute atomic E-state index is 0.00937. The minimum Gasteiger partial charge on any atom is -0.350 e. The van der Waals surface area contributed by atoms with Crippen molar-refractivity contribution < 1.29 is 9.59 Å². The van der Waals surface area contributed by atoms with Crippen LogP contribution in [-0.2, 0) is 4.79 Å². The molecular weight excluding hydrogens is 302 g/mol. The monoisotopic (exact) mass is 325 g/mol. The number of carbonyl (C=O) groups excluding carboxylic acids is 2. The van der Waals surface area contributed by atoms with Gasteiger partial charge in [-0.2, -0.15) is 0 Å². The Bertz CT molecular complexity index is 803. The molecule has 2 aromatic carbocycles. The number of hydrogen-bond acceptors (Lipinski definition) is 3. The van der Waals surface area contributed by atoms with Crippen molar-refractivity contribution in [2.75, 3.05) is 25.2 Å². The van der Waals surface area contributed by atoms with E-state index in [0.717, 1.165) is 22.0 Å². The lowest BCUT2D eigenvalue weighted by Gasteiger charge is -2.26. The Balaban J connectivity index is 1.76. The van der Waals surface area contributed by atoms with Crippen molar-refractivity contribution in [3.8, 4) is 0 Å². The van der Waals surface area contributed by atoms with Crippen LogP contribution >= 0.6 is 0 Å². The number of nitrogens with one attached hydrogen (secondary N) is 1. The van der Waals surface area contributed by atoms with E-state index >= 15 is 0 Å². The first-order valence-electron chi connectivity index (χ1n) is 8.09. The topological polar surface area (TPSA) is 52.7 Å². The van der Waals surface area contributed by atoms with E-state index in [0.29, 0.717) is 6.67 Å². The molecule has 1 aliphatic rings. The molecule has 2 amide bonds. The third-order valence-electron chi connectivity index (χ3n) is 3.96. The summed E-state index contributed by atoms with van der Waals surface area (Å²) in [6.07, 6.45) is 0. The molecule has 5 nitrogen and oxygen atoms in total. The van der Waals surface area contributed by atoms with Crippen molar-refractivity contribution in [1.29, 1.82) is 0 Å². The predicted octanol–water partition coefficient (Wildman–Crippen LogP) is 2.60. The molecule has 2 aromatic rings. The number of rotatable bonds is 4. The number of anilines is 1. The van der Waals surface area contributed by atoms with Gasteiger partial charge in [0.1, 0.15) is 0 Å². The van der Waals surface area contributed by atoms with Gasteiger partial charge in [-0.05, 0) is 45.3 Å². The van der Waals surface area contributed by atoms with Crippen molar-refractivity contribution >= 4 is 28.3 Å². The molecule has 1 N–H and O–H groups in total. The van der Waals surface area contributed by atoms with Crippen LogP contribution in [0.5, 0.6) is 0 Å². The Morgan fingerprint density at radius 3 is 2.50 bits per heavy atom. The fraction of sp³-hybridized carbons (Fsp3) is 0.368. The van der Waals surface area contributed by atoms with Crippen molar-refractivity contribution in [3.05, 3.63) is 42.0 Å². The second-order valence-corrected chi connectivity index (χ2v) is 7.37. The maximum absolute atomic E-state index is 12.7. The van der Waals surface area contributed by atoms with E-state index in [9.17, 15) is 9.59 Å². The first-order valence-corrected chi connectivity index (χ1v) is 8.09. The molecule has 1 heterocycles. The summed E-state index contributed by atoms with van der Waals surface area (Å²) < 4.78 is 0. The molecule has 0 saturated carbocycles. The summed E-state index contributed by atoms with van der Waals surface area (Å²) in [5, 5.41) is 5.00. The van der Waals surface area contributed by atoms with Crippen molar-refractivity contribution in [3.63, 3.8) is 0 Å². The number of carbonyl (C=O) groups is 2. The summed E-state index contributed by atoms with van der Waals surface area (Å²) in [7, 11) is 1.85. The molecule has 24 heavy (non-hydrogen) atoms. The zero-order chi connectivity index (χ0) is 17.5. The van der Waals surface area contributed by atoms with Crippen LogP contribution in [0.25, 0.3) is 10.8 Å². The number of amides is 2. The fourth-order valence-electron chi connectivity index (χ4n) is 3.11. The summed E-state index contributed by atoms with van der Waals surface area (Å²) in [4.78, 5) is 28.4.